The molecule has 0 aliphatic carbocycles. The highest BCUT2D eigenvalue weighted by atomic mass is 79.9. The molecule has 88 valence electrons. The zero-order valence-electron chi connectivity index (χ0n) is 8.83. The maximum Gasteiger partial charge on any atom is 0.239 e. The number of amides is 1. The van der Waals surface area contributed by atoms with E-state index in [-0.39, 0.29) is 5.91 Å². The fourth-order valence-electron chi connectivity index (χ4n) is 1.63. The molecule has 1 aromatic heterocycles. The van der Waals surface area contributed by atoms with Crippen LogP contribution in [0.3, 0.4) is 0 Å². The van der Waals surface area contributed by atoms with E-state index >= 15 is 0 Å². The first-order valence-electron chi connectivity index (χ1n) is 5.22. The van der Waals surface area contributed by atoms with E-state index in [0.717, 1.165) is 35.0 Å². The Kier molecular flexibility index (Phi) is 4.34. The van der Waals surface area contributed by atoms with E-state index in [1.54, 1.807) is 0 Å². The third-order valence-electron chi connectivity index (χ3n) is 2.41. The van der Waals surface area contributed by atoms with Gasteiger partial charge in [0.05, 0.1) is 15.3 Å². The maximum atomic E-state index is 11.7. The Morgan fingerprint density at radius 2 is 2.25 bits per heavy atom. The average molecular weight is 304 g/mol. The van der Waals surface area contributed by atoms with Gasteiger partial charge in [-0.25, -0.2) is 0 Å². The third-order valence-corrected chi connectivity index (χ3v) is 3.95. The van der Waals surface area contributed by atoms with Gasteiger partial charge in [-0.3, -0.25) is 9.69 Å². The van der Waals surface area contributed by atoms with Gasteiger partial charge in [0.15, 0.2) is 0 Å². The lowest BCUT2D eigenvalue weighted by atomic mass is 10.3. The Bertz CT molecular complexity index is 363. The van der Waals surface area contributed by atoms with Gasteiger partial charge >= 0.3 is 0 Å². The Labute approximate surface area is 107 Å². The van der Waals surface area contributed by atoms with Gasteiger partial charge in [0, 0.05) is 26.2 Å². The van der Waals surface area contributed by atoms with Gasteiger partial charge in [0.2, 0.25) is 5.91 Å². The van der Waals surface area contributed by atoms with Crippen molar-refractivity contribution in [3.63, 3.8) is 0 Å². The molecular formula is C10H14BrN3OS. The summed E-state index contributed by atoms with van der Waals surface area (Å²) in [5.41, 5.74) is 0. The summed E-state index contributed by atoms with van der Waals surface area (Å²) in [6.07, 6.45) is 0. The number of hydrogen-bond donors (Lipinski definition) is 2. The molecule has 1 fully saturated rings. The number of anilines is 1. The number of nitrogens with one attached hydrogen (secondary N) is 2. The largest absolute Gasteiger partial charge is 0.317 e. The molecule has 4 nitrogen and oxygen atoms in total. The van der Waals surface area contributed by atoms with Crippen molar-refractivity contribution < 1.29 is 4.79 Å². The van der Waals surface area contributed by atoms with Crippen molar-refractivity contribution in [2.75, 3.05) is 38.0 Å². The number of carbonyl (C=O) groups is 1. The Balaban J connectivity index is 1.79. The number of hydrogen-bond acceptors (Lipinski definition) is 4. The molecule has 0 unspecified atom stereocenters. The quantitative estimate of drug-likeness (QED) is 0.886. The molecule has 16 heavy (non-hydrogen) atoms. The van der Waals surface area contributed by atoms with Crippen LogP contribution in [0.1, 0.15) is 0 Å². The predicted octanol–water partition coefficient (Wildman–Crippen LogP) is 1.35. The van der Waals surface area contributed by atoms with Crippen molar-refractivity contribution in [2.24, 2.45) is 0 Å². The molecule has 0 saturated carbocycles. The van der Waals surface area contributed by atoms with Crippen LogP contribution in [0.2, 0.25) is 0 Å². The zero-order chi connectivity index (χ0) is 11.4. The molecule has 0 spiro atoms. The van der Waals surface area contributed by atoms with Crippen LogP contribution >= 0.6 is 27.3 Å². The Hall–Kier alpha value is -0.430. The fourth-order valence-corrected chi connectivity index (χ4v) is 2.93. The SMILES string of the molecule is O=C(CN1CCNCC1)Nc1ccc(Br)s1. The van der Waals surface area contributed by atoms with E-state index < -0.39 is 0 Å². The lowest BCUT2D eigenvalue weighted by Crippen LogP contribution is -2.46. The summed E-state index contributed by atoms with van der Waals surface area (Å²) in [5, 5.41) is 7.06. The predicted molar refractivity (Wildman–Crippen MR) is 70.0 cm³/mol. The number of rotatable bonds is 3. The van der Waals surface area contributed by atoms with Gasteiger partial charge in [-0.1, -0.05) is 0 Å². The van der Waals surface area contributed by atoms with Crippen molar-refractivity contribution in [1.29, 1.82) is 0 Å². The lowest BCUT2D eigenvalue weighted by Gasteiger charge is -2.26. The first-order chi connectivity index (χ1) is 7.74. The lowest BCUT2D eigenvalue weighted by molar-refractivity contribution is -0.117. The van der Waals surface area contributed by atoms with Crippen molar-refractivity contribution in [1.82, 2.24) is 10.2 Å². The van der Waals surface area contributed by atoms with Crippen molar-refractivity contribution >= 4 is 38.2 Å². The molecule has 2 N–H and O–H groups in total. The van der Waals surface area contributed by atoms with Crippen LogP contribution in [0.15, 0.2) is 15.9 Å². The van der Waals surface area contributed by atoms with E-state index in [0.29, 0.717) is 6.54 Å². The molecule has 0 atom stereocenters. The first kappa shape index (κ1) is 12.0. The highest BCUT2D eigenvalue weighted by Crippen LogP contribution is 2.26. The molecule has 0 aromatic carbocycles. The minimum atomic E-state index is 0.0660. The summed E-state index contributed by atoms with van der Waals surface area (Å²) < 4.78 is 1.03. The van der Waals surface area contributed by atoms with Gasteiger partial charge in [-0.05, 0) is 28.1 Å². The molecule has 0 radical (unpaired) electrons. The standard InChI is InChI=1S/C10H14BrN3OS/c11-8-1-2-10(16-8)13-9(15)7-14-5-3-12-4-6-14/h1-2,12H,3-7H2,(H,13,15). The molecule has 1 aliphatic rings. The van der Waals surface area contributed by atoms with E-state index in [9.17, 15) is 4.79 Å². The number of halogens is 1. The van der Waals surface area contributed by atoms with Crippen molar-refractivity contribution in [3.05, 3.63) is 15.9 Å². The molecular weight excluding hydrogens is 290 g/mol. The fraction of sp³-hybridized carbons (Fsp3) is 0.500. The highest BCUT2D eigenvalue weighted by molar-refractivity contribution is 9.11. The summed E-state index contributed by atoms with van der Waals surface area (Å²) >= 11 is 4.90. The topological polar surface area (TPSA) is 44.4 Å². The van der Waals surface area contributed by atoms with E-state index in [2.05, 4.69) is 31.5 Å². The molecule has 6 heteroatoms. The molecule has 1 amide bonds. The molecule has 2 rings (SSSR count). The van der Waals surface area contributed by atoms with E-state index in [4.69, 9.17) is 0 Å². The summed E-state index contributed by atoms with van der Waals surface area (Å²) in [6.45, 7) is 4.32. The second-order valence-electron chi connectivity index (χ2n) is 3.68. The normalized spacial score (nSPS) is 17.3. The first-order valence-corrected chi connectivity index (χ1v) is 6.83. The minimum Gasteiger partial charge on any atom is -0.317 e. The van der Waals surface area contributed by atoms with Crippen LogP contribution in [-0.4, -0.2) is 43.5 Å². The second-order valence-corrected chi connectivity index (χ2v) is 6.14. The second kappa shape index (κ2) is 5.77. The summed E-state index contributed by atoms with van der Waals surface area (Å²) in [4.78, 5) is 13.9. The maximum absolute atomic E-state index is 11.7. The smallest absolute Gasteiger partial charge is 0.239 e. The Morgan fingerprint density at radius 1 is 1.50 bits per heavy atom. The van der Waals surface area contributed by atoms with Crippen LogP contribution in [0.4, 0.5) is 5.00 Å². The van der Waals surface area contributed by atoms with Crippen LogP contribution in [0.5, 0.6) is 0 Å². The Morgan fingerprint density at radius 3 is 2.88 bits per heavy atom. The molecule has 2 heterocycles. The van der Waals surface area contributed by atoms with Crippen LogP contribution in [0.25, 0.3) is 0 Å². The number of piperazine rings is 1. The number of carbonyl (C=O) groups excluding carboxylic acids is 1. The van der Waals surface area contributed by atoms with E-state index in [1.165, 1.54) is 11.3 Å². The number of thiophene rings is 1. The van der Waals surface area contributed by atoms with Crippen LogP contribution in [-0.2, 0) is 4.79 Å². The molecule has 1 aromatic rings. The highest BCUT2D eigenvalue weighted by Gasteiger charge is 2.13. The van der Waals surface area contributed by atoms with Crippen molar-refractivity contribution in [3.8, 4) is 0 Å². The zero-order valence-corrected chi connectivity index (χ0v) is 11.2. The summed E-state index contributed by atoms with van der Waals surface area (Å²) in [7, 11) is 0. The third kappa shape index (κ3) is 3.55. The van der Waals surface area contributed by atoms with Gasteiger partial charge in [-0.2, -0.15) is 0 Å². The van der Waals surface area contributed by atoms with E-state index in [1.807, 2.05) is 12.1 Å². The van der Waals surface area contributed by atoms with Gasteiger partial charge in [0.1, 0.15) is 0 Å². The van der Waals surface area contributed by atoms with Gasteiger partial charge < -0.3 is 10.6 Å². The monoisotopic (exact) mass is 303 g/mol. The molecule has 1 aliphatic heterocycles. The molecule has 0 bridgehead atoms. The van der Waals surface area contributed by atoms with Crippen LogP contribution in [0, 0.1) is 0 Å². The molecule has 1 saturated heterocycles. The minimum absolute atomic E-state index is 0.0660. The summed E-state index contributed by atoms with van der Waals surface area (Å²) in [6, 6.07) is 3.84. The summed E-state index contributed by atoms with van der Waals surface area (Å²) in [5.74, 6) is 0.0660. The van der Waals surface area contributed by atoms with Gasteiger partial charge in [0.25, 0.3) is 0 Å². The average Bonchev–Trinajstić information content (AvgIpc) is 2.65. The van der Waals surface area contributed by atoms with Crippen molar-refractivity contribution in [2.45, 2.75) is 0 Å². The van der Waals surface area contributed by atoms with Crippen LogP contribution < -0.4 is 10.6 Å². The number of nitrogens with zero attached hydrogens (tertiary/aromatic N) is 1. The van der Waals surface area contributed by atoms with Gasteiger partial charge in [-0.15, -0.1) is 11.3 Å².